The van der Waals surface area contributed by atoms with Crippen molar-refractivity contribution in [2.45, 2.75) is 25.3 Å². The molecule has 0 aliphatic rings. The number of ether oxygens (including phenoxy) is 1. The topological polar surface area (TPSA) is 146 Å². The Kier molecular flexibility index (Phi) is 11.5. The Labute approximate surface area is 233 Å². The number of hydrogen-bond acceptors (Lipinski definition) is 5. The van der Waals surface area contributed by atoms with Gasteiger partial charge in [0, 0.05) is 26.1 Å². The molecule has 0 radical (unpaired) electrons. The van der Waals surface area contributed by atoms with Gasteiger partial charge in [-0.15, -0.1) is 0 Å². The van der Waals surface area contributed by atoms with Crippen LogP contribution in [0.3, 0.4) is 0 Å². The first kappa shape index (κ1) is 29.7. The first-order valence-electron chi connectivity index (χ1n) is 12.9. The van der Waals surface area contributed by atoms with E-state index in [1.807, 2.05) is 66.7 Å². The number of aliphatic carboxylic acids is 1. The molecule has 40 heavy (non-hydrogen) atoms. The first-order valence-corrected chi connectivity index (χ1v) is 12.9. The highest BCUT2D eigenvalue weighted by Crippen LogP contribution is 2.23. The summed E-state index contributed by atoms with van der Waals surface area (Å²) in [6.45, 7) is 0.267. The van der Waals surface area contributed by atoms with Gasteiger partial charge in [0.2, 0.25) is 11.8 Å². The number of carbonyl (C=O) groups excluding carboxylic acids is 3. The molecule has 1 atom stereocenters. The molecule has 0 spiro atoms. The monoisotopic (exact) mass is 546 g/mol. The third-order valence-corrected chi connectivity index (χ3v) is 6.15. The summed E-state index contributed by atoms with van der Waals surface area (Å²) in [6.07, 6.45) is 0.515. The lowest BCUT2D eigenvalue weighted by Crippen LogP contribution is -2.40. The molecule has 0 aliphatic heterocycles. The van der Waals surface area contributed by atoms with Gasteiger partial charge in [0.1, 0.15) is 5.75 Å². The van der Waals surface area contributed by atoms with Crippen molar-refractivity contribution in [2.75, 3.05) is 26.7 Å². The molecule has 0 heterocycles. The predicted molar refractivity (Wildman–Crippen MR) is 151 cm³/mol. The van der Waals surface area contributed by atoms with Crippen LogP contribution >= 0.6 is 0 Å². The second kappa shape index (κ2) is 15.5. The number of carboxylic acid groups (broad SMARTS) is 1. The second-order valence-corrected chi connectivity index (χ2v) is 9.02. The molecule has 10 nitrogen and oxygen atoms in total. The maximum Gasteiger partial charge on any atom is 0.315 e. The molecule has 3 aromatic rings. The Balaban J connectivity index is 1.31. The van der Waals surface area contributed by atoms with Gasteiger partial charge in [-0.2, -0.15) is 0 Å². The molecule has 4 amide bonds. The molecule has 10 heteroatoms. The zero-order valence-electron chi connectivity index (χ0n) is 22.3. The average molecular weight is 547 g/mol. The van der Waals surface area contributed by atoms with Gasteiger partial charge in [-0.1, -0.05) is 66.7 Å². The number of benzene rings is 3. The highest BCUT2D eigenvalue weighted by Gasteiger charge is 2.21. The Morgan fingerprint density at radius 1 is 0.775 bits per heavy atom. The van der Waals surface area contributed by atoms with Crippen LogP contribution in [-0.4, -0.2) is 55.7 Å². The molecular formula is C30H34N4O6. The van der Waals surface area contributed by atoms with Gasteiger partial charge in [0.15, 0.2) is 0 Å². The van der Waals surface area contributed by atoms with Crippen LogP contribution in [0, 0.1) is 0 Å². The SMILES string of the molecule is COc1ccc(CNC(=O)NCCCC(=O)NCC(=O)NCC(C(=O)O)c2ccc(-c3ccccc3)cc2)cc1. The Morgan fingerprint density at radius 2 is 1.45 bits per heavy atom. The van der Waals surface area contributed by atoms with E-state index in [0.29, 0.717) is 18.5 Å². The average Bonchev–Trinajstić information content (AvgIpc) is 2.98. The normalized spacial score (nSPS) is 11.1. The van der Waals surface area contributed by atoms with E-state index >= 15 is 0 Å². The van der Waals surface area contributed by atoms with Crippen molar-refractivity contribution < 1.29 is 29.0 Å². The smallest absolute Gasteiger partial charge is 0.315 e. The maximum atomic E-state index is 12.2. The minimum absolute atomic E-state index is 0.107. The molecule has 0 bridgehead atoms. The number of rotatable bonds is 14. The van der Waals surface area contributed by atoms with Crippen LogP contribution in [0.1, 0.15) is 29.9 Å². The summed E-state index contributed by atoms with van der Waals surface area (Å²) in [6, 6.07) is 23.9. The van der Waals surface area contributed by atoms with Crippen LogP contribution in [0.2, 0.25) is 0 Å². The van der Waals surface area contributed by atoms with Gasteiger partial charge in [-0.25, -0.2) is 4.79 Å². The minimum Gasteiger partial charge on any atom is -0.497 e. The fourth-order valence-corrected chi connectivity index (χ4v) is 3.87. The summed E-state index contributed by atoms with van der Waals surface area (Å²) in [5, 5.41) is 20.1. The van der Waals surface area contributed by atoms with Crippen molar-refractivity contribution in [2.24, 2.45) is 0 Å². The Bertz CT molecular complexity index is 1260. The van der Waals surface area contributed by atoms with Gasteiger partial charge >= 0.3 is 12.0 Å². The van der Waals surface area contributed by atoms with E-state index < -0.39 is 17.8 Å². The summed E-state index contributed by atoms with van der Waals surface area (Å²) in [5.41, 5.74) is 3.47. The second-order valence-electron chi connectivity index (χ2n) is 9.02. The Hall–Kier alpha value is -4.86. The number of nitrogens with one attached hydrogen (secondary N) is 4. The molecule has 3 aromatic carbocycles. The van der Waals surface area contributed by atoms with Crippen LogP contribution in [0.4, 0.5) is 4.79 Å². The van der Waals surface area contributed by atoms with Gasteiger partial charge < -0.3 is 31.1 Å². The van der Waals surface area contributed by atoms with Gasteiger partial charge in [-0.3, -0.25) is 14.4 Å². The zero-order valence-corrected chi connectivity index (χ0v) is 22.3. The van der Waals surface area contributed by atoms with Crippen LogP contribution in [0.25, 0.3) is 11.1 Å². The lowest BCUT2D eigenvalue weighted by Gasteiger charge is -2.15. The lowest BCUT2D eigenvalue weighted by atomic mass is 9.96. The fourth-order valence-electron chi connectivity index (χ4n) is 3.87. The van der Waals surface area contributed by atoms with E-state index in [0.717, 1.165) is 22.4 Å². The van der Waals surface area contributed by atoms with E-state index in [9.17, 15) is 24.3 Å². The quantitative estimate of drug-likeness (QED) is 0.197. The number of methoxy groups -OCH3 is 1. The highest BCUT2D eigenvalue weighted by atomic mass is 16.5. The third-order valence-electron chi connectivity index (χ3n) is 6.15. The molecule has 0 fully saturated rings. The summed E-state index contributed by atoms with van der Waals surface area (Å²) in [7, 11) is 1.58. The zero-order chi connectivity index (χ0) is 28.7. The molecular weight excluding hydrogens is 512 g/mol. The summed E-state index contributed by atoms with van der Waals surface area (Å²) in [4.78, 5) is 48.0. The molecule has 1 unspecified atom stereocenters. The molecule has 0 saturated heterocycles. The molecule has 0 aromatic heterocycles. The van der Waals surface area contributed by atoms with Crippen molar-refractivity contribution >= 4 is 23.8 Å². The highest BCUT2D eigenvalue weighted by molar-refractivity contribution is 5.85. The van der Waals surface area contributed by atoms with E-state index in [2.05, 4.69) is 21.3 Å². The van der Waals surface area contributed by atoms with Crippen molar-refractivity contribution in [3.05, 3.63) is 90.0 Å². The lowest BCUT2D eigenvalue weighted by molar-refractivity contribution is -0.138. The van der Waals surface area contributed by atoms with Gasteiger partial charge in [-0.05, 0) is 40.8 Å². The van der Waals surface area contributed by atoms with E-state index in [-0.39, 0.29) is 38.0 Å². The summed E-state index contributed by atoms with van der Waals surface area (Å²) < 4.78 is 5.10. The van der Waals surface area contributed by atoms with E-state index in [1.165, 1.54) is 0 Å². The van der Waals surface area contributed by atoms with Crippen LogP contribution in [-0.2, 0) is 20.9 Å². The molecule has 5 N–H and O–H groups in total. The number of carbonyl (C=O) groups is 4. The fraction of sp³-hybridized carbons (Fsp3) is 0.267. The largest absolute Gasteiger partial charge is 0.497 e. The van der Waals surface area contributed by atoms with Crippen molar-refractivity contribution in [1.82, 2.24) is 21.3 Å². The van der Waals surface area contributed by atoms with Crippen molar-refractivity contribution in [3.8, 4) is 16.9 Å². The standard InChI is InChI=1S/C30H34N4O6/c1-40-25-15-9-21(10-16-25)18-34-30(39)31-17-5-8-27(35)33-20-28(36)32-19-26(29(37)38)24-13-11-23(12-14-24)22-6-3-2-4-7-22/h2-4,6-7,9-16,26H,5,8,17-20H2,1H3,(H,32,36)(H,33,35)(H,37,38)(H2,31,34,39). The van der Waals surface area contributed by atoms with Gasteiger partial charge in [0.25, 0.3) is 0 Å². The van der Waals surface area contributed by atoms with Crippen molar-refractivity contribution in [1.29, 1.82) is 0 Å². The molecule has 0 saturated carbocycles. The number of urea groups is 1. The summed E-state index contributed by atoms with van der Waals surface area (Å²) in [5.74, 6) is -2.08. The summed E-state index contributed by atoms with van der Waals surface area (Å²) >= 11 is 0. The maximum absolute atomic E-state index is 12.2. The Morgan fingerprint density at radius 3 is 2.10 bits per heavy atom. The van der Waals surface area contributed by atoms with E-state index in [4.69, 9.17) is 4.74 Å². The molecule has 3 rings (SSSR count). The third kappa shape index (κ3) is 9.79. The first-order chi connectivity index (χ1) is 19.4. The predicted octanol–water partition coefficient (Wildman–Crippen LogP) is 3.04. The number of carboxylic acids is 1. The van der Waals surface area contributed by atoms with E-state index in [1.54, 1.807) is 19.2 Å². The number of hydrogen-bond donors (Lipinski definition) is 5. The molecule has 0 aliphatic carbocycles. The number of amides is 4. The van der Waals surface area contributed by atoms with Crippen molar-refractivity contribution in [3.63, 3.8) is 0 Å². The van der Waals surface area contributed by atoms with Gasteiger partial charge in [0.05, 0.1) is 19.6 Å². The van der Waals surface area contributed by atoms with Crippen LogP contribution in [0.15, 0.2) is 78.9 Å². The molecule has 210 valence electrons. The van der Waals surface area contributed by atoms with Crippen LogP contribution in [0.5, 0.6) is 5.75 Å². The van der Waals surface area contributed by atoms with Crippen LogP contribution < -0.4 is 26.0 Å². The minimum atomic E-state index is -1.06.